The van der Waals surface area contributed by atoms with Crippen LogP contribution >= 0.6 is 0 Å². The first-order valence-electron chi connectivity index (χ1n) is 9.48. The molecule has 0 radical (unpaired) electrons. The number of benzene rings is 1. The fourth-order valence-corrected chi connectivity index (χ4v) is 3.24. The van der Waals surface area contributed by atoms with E-state index in [0.29, 0.717) is 17.1 Å². The second kappa shape index (κ2) is 7.90. The van der Waals surface area contributed by atoms with E-state index in [1.807, 2.05) is 30.3 Å². The van der Waals surface area contributed by atoms with Gasteiger partial charge in [0, 0.05) is 25.0 Å². The lowest BCUT2D eigenvalue weighted by molar-refractivity contribution is -0.127. The van der Waals surface area contributed by atoms with Crippen LogP contribution in [-0.2, 0) is 11.8 Å². The molecule has 0 spiro atoms. The van der Waals surface area contributed by atoms with Crippen molar-refractivity contribution in [2.75, 3.05) is 0 Å². The van der Waals surface area contributed by atoms with Crippen LogP contribution < -0.4 is 5.56 Å². The number of nitrogens with zero attached hydrogens (tertiary/aromatic N) is 7. The van der Waals surface area contributed by atoms with E-state index < -0.39 is 17.9 Å². The Balaban J connectivity index is 1.63. The minimum absolute atomic E-state index is 0.117. The molecule has 1 atom stereocenters. The number of pyridine rings is 1. The Morgan fingerprint density at radius 1 is 1.03 bits per heavy atom. The fraction of sp³-hybridized carbons (Fsp3) is 0.190. The highest BCUT2D eigenvalue weighted by Gasteiger charge is 2.38. The highest BCUT2D eigenvalue weighted by Crippen LogP contribution is 2.21. The molecule has 0 N–H and O–H groups in total. The molecular weight excluding hydrogens is 398 g/mol. The molecule has 4 rings (SSSR count). The van der Waals surface area contributed by atoms with Crippen LogP contribution in [0.15, 0.2) is 75.0 Å². The highest BCUT2D eigenvalue weighted by atomic mass is 16.2. The minimum Gasteiger partial charge on any atom is -0.283 e. The van der Waals surface area contributed by atoms with Crippen LogP contribution in [0.4, 0.5) is 5.69 Å². The zero-order valence-electron chi connectivity index (χ0n) is 17.1. The van der Waals surface area contributed by atoms with Crippen molar-refractivity contribution in [1.82, 2.24) is 19.4 Å². The predicted molar refractivity (Wildman–Crippen MR) is 113 cm³/mol. The van der Waals surface area contributed by atoms with Crippen molar-refractivity contribution in [2.24, 2.45) is 22.4 Å². The maximum Gasteiger partial charge on any atom is 0.299 e. The number of azo groups is 1. The fourth-order valence-electron chi connectivity index (χ4n) is 3.24. The first-order chi connectivity index (χ1) is 14.9. The van der Waals surface area contributed by atoms with Gasteiger partial charge in [0.15, 0.2) is 11.7 Å². The van der Waals surface area contributed by atoms with Crippen molar-refractivity contribution in [2.45, 2.75) is 19.9 Å². The first kappa shape index (κ1) is 20.1. The van der Waals surface area contributed by atoms with E-state index in [1.165, 1.54) is 29.2 Å². The normalized spacial score (nSPS) is 16.2. The number of rotatable bonds is 4. The van der Waals surface area contributed by atoms with E-state index >= 15 is 0 Å². The molecule has 10 nitrogen and oxygen atoms in total. The monoisotopic (exact) mass is 417 g/mol. The Kier molecular flexibility index (Phi) is 5.12. The number of hydrogen-bond acceptors (Lipinski definition) is 7. The number of hydrogen-bond donors (Lipinski definition) is 0. The molecule has 0 saturated carbocycles. The van der Waals surface area contributed by atoms with Gasteiger partial charge in [-0.25, -0.2) is 4.68 Å². The van der Waals surface area contributed by atoms with Gasteiger partial charge in [-0.1, -0.05) is 18.2 Å². The van der Waals surface area contributed by atoms with Crippen LogP contribution in [0.2, 0.25) is 0 Å². The average molecular weight is 417 g/mol. The number of para-hydroxylation sites is 1. The second-order valence-electron chi connectivity index (χ2n) is 6.96. The topological polar surface area (TPSA) is 114 Å². The van der Waals surface area contributed by atoms with E-state index in [2.05, 4.69) is 20.3 Å². The van der Waals surface area contributed by atoms with Gasteiger partial charge in [-0.05, 0) is 38.1 Å². The number of hydrazone groups is 1. The van der Waals surface area contributed by atoms with Crippen LogP contribution in [0.1, 0.15) is 23.0 Å². The number of imide groups is 1. The molecule has 1 aromatic carbocycles. The Morgan fingerprint density at radius 2 is 1.71 bits per heavy atom. The molecule has 31 heavy (non-hydrogen) atoms. The summed E-state index contributed by atoms with van der Waals surface area (Å²) < 4.78 is 3.14. The number of carbonyl (C=O) groups is 2. The van der Waals surface area contributed by atoms with Gasteiger partial charge >= 0.3 is 0 Å². The maximum atomic E-state index is 12.9. The van der Waals surface area contributed by atoms with Gasteiger partial charge in [-0.3, -0.25) is 24.0 Å². The molecule has 0 bridgehead atoms. The number of aromatic nitrogens is 3. The van der Waals surface area contributed by atoms with Gasteiger partial charge in [0.05, 0.1) is 17.1 Å². The third-order valence-corrected chi connectivity index (χ3v) is 5.01. The van der Waals surface area contributed by atoms with E-state index in [1.54, 1.807) is 25.6 Å². The second-order valence-corrected chi connectivity index (χ2v) is 6.96. The summed E-state index contributed by atoms with van der Waals surface area (Å²) in [5.74, 6) is -1.20. The molecule has 0 aliphatic carbocycles. The zero-order valence-corrected chi connectivity index (χ0v) is 17.1. The summed E-state index contributed by atoms with van der Waals surface area (Å²) >= 11 is 0. The quantitative estimate of drug-likeness (QED) is 0.479. The van der Waals surface area contributed by atoms with Crippen LogP contribution in [0.3, 0.4) is 0 Å². The Morgan fingerprint density at radius 3 is 2.39 bits per heavy atom. The third-order valence-electron chi connectivity index (χ3n) is 5.01. The average Bonchev–Trinajstić information content (AvgIpc) is 3.19. The highest BCUT2D eigenvalue weighted by molar-refractivity contribution is 6.18. The first-order valence-corrected chi connectivity index (χ1v) is 9.48. The Labute approximate surface area is 177 Å². The Bertz CT molecular complexity index is 1270. The summed E-state index contributed by atoms with van der Waals surface area (Å²) in [5.41, 5.74) is 1.62. The SMILES string of the molecule is CC1=NN(C(=O)c2ccncc2)C(=O)[C@H]1N=Nc1c(C)n(C)n(-c2ccccc2)c1=O. The molecule has 1 aliphatic heterocycles. The number of amides is 2. The largest absolute Gasteiger partial charge is 0.299 e. The van der Waals surface area contributed by atoms with Crippen LogP contribution in [-0.4, -0.2) is 42.9 Å². The molecule has 2 aromatic heterocycles. The van der Waals surface area contributed by atoms with Gasteiger partial charge in [-0.2, -0.15) is 15.2 Å². The predicted octanol–water partition coefficient (Wildman–Crippen LogP) is 2.39. The lowest BCUT2D eigenvalue weighted by Gasteiger charge is -2.10. The molecule has 156 valence electrons. The minimum atomic E-state index is -1.07. The molecular formula is C21H19N7O3. The molecule has 3 heterocycles. The van der Waals surface area contributed by atoms with E-state index in [9.17, 15) is 14.4 Å². The van der Waals surface area contributed by atoms with Crippen molar-refractivity contribution in [3.63, 3.8) is 0 Å². The summed E-state index contributed by atoms with van der Waals surface area (Å²) in [4.78, 5) is 42.1. The van der Waals surface area contributed by atoms with Crippen molar-refractivity contribution < 1.29 is 9.59 Å². The number of carbonyl (C=O) groups excluding carboxylic acids is 2. The van der Waals surface area contributed by atoms with Crippen molar-refractivity contribution in [3.05, 3.63) is 76.5 Å². The van der Waals surface area contributed by atoms with Crippen LogP contribution in [0, 0.1) is 6.92 Å². The van der Waals surface area contributed by atoms with E-state index in [0.717, 1.165) is 5.01 Å². The molecule has 2 amide bonds. The molecule has 0 fully saturated rings. The third kappa shape index (κ3) is 3.48. The van der Waals surface area contributed by atoms with Crippen LogP contribution in [0.25, 0.3) is 5.69 Å². The maximum absolute atomic E-state index is 12.9. The summed E-state index contributed by atoms with van der Waals surface area (Å²) in [6.07, 6.45) is 2.91. The van der Waals surface area contributed by atoms with E-state index in [-0.39, 0.29) is 16.8 Å². The summed E-state index contributed by atoms with van der Waals surface area (Å²) in [7, 11) is 1.74. The lowest BCUT2D eigenvalue weighted by Crippen LogP contribution is -2.34. The van der Waals surface area contributed by atoms with Gasteiger partial charge < -0.3 is 0 Å². The molecule has 0 saturated heterocycles. The zero-order chi connectivity index (χ0) is 22.1. The van der Waals surface area contributed by atoms with Gasteiger partial charge in [0.25, 0.3) is 17.4 Å². The van der Waals surface area contributed by atoms with Gasteiger partial charge in [0.1, 0.15) is 0 Å². The molecule has 1 aliphatic rings. The molecule has 3 aromatic rings. The van der Waals surface area contributed by atoms with Gasteiger partial charge in [0.2, 0.25) is 0 Å². The van der Waals surface area contributed by atoms with Crippen LogP contribution in [0.5, 0.6) is 0 Å². The van der Waals surface area contributed by atoms with Crippen molar-refractivity contribution in [1.29, 1.82) is 0 Å². The lowest BCUT2D eigenvalue weighted by atomic mass is 10.2. The van der Waals surface area contributed by atoms with Gasteiger partial charge in [-0.15, -0.1) is 5.11 Å². The summed E-state index contributed by atoms with van der Waals surface area (Å²) in [6, 6.07) is 11.0. The smallest absolute Gasteiger partial charge is 0.283 e. The Hall–Kier alpha value is -4.21. The van der Waals surface area contributed by atoms with Crippen molar-refractivity contribution in [3.8, 4) is 5.69 Å². The molecule has 10 heteroatoms. The summed E-state index contributed by atoms with van der Waals surface area (Å²) in [6.45, 7) is 3.33. The molecule has 0 unspecified atom stereocenters. The summed E-state index contributed by atoms with van der Waals surface area (Å²) in [5, 5.41) is 13.0. The van der Waals surface area contributed by atoms with E-state index in [4.69, 9.17) is 0 Å². The standard InChI is InChI=1S/C21H19N7O3/c1-13-17(20(30)27(25-13)19(29)15-9-11-22-12-10-15)23-24-18-14(2)26(3)28(21(18)31)16-7-5-4-6-8-16/h4-12,17H,1-3H3/t17-/m0/s1. The van der Waals surface area contributed by atoms with Crippen molar-refractivity contribution >= 4 is 23.2 Å².